The van der Waals surface area contributed by atoms with Gasteiger partial charge in [0, 0.05) is 36.0 Å². The maximum absolute atomic E-state index is 13.3. The van der Waals surface area contributed by atoms with Gasteiger partial charge in [-0.1, -0.05) is 11.6 Å². The second-order valence-corrected chi connectivity index (χ2v) is 11.6. The number of amidine groups is 1. The van der Waals surface area contributed by atoms with Crippen LogP contribution in [0, 0.1) is 0 Å². The smallest absolute Gasteiger partial charge is 0.386 e. The van der Waals surface area contributed by atoms with Crippen LogP contribution >= 0.6 is 22.9 Å². The number of aliphatic imine (C=N–C) groups is 1. The zero-order chi connectivity index (χ0) is 22.7. The summed E-state index contributed by atoms with van der Waals surface area (Å²) in [5.41, 5.74) is 4.31. The van der Waals surface area contributed by atoms with Crippen molar-refractivity contribution in [2.75, 3.05) is 19.0 Å². The third kappa shape index (κ3) is 3.75. The Morgan fingerprint density at radius 3 is 2.52 bits per heavy atom. The molecule has 6 nitrogen and oxygen atoms in total. The van der Waals surface area contributed by atoms with E-state index in [4.69, 9.17) is 22.1 Å². The van der Waals surface area contributed by atoms with E-state index in [1.54, 1.807) is 6.92 Å². The Morgan fingerprint density at radius 2 is 1.90 bits per heavy atom. The SMILES string of the molecule is C[C@@]1(c2sc(-c3cncc(C(F)(F)F)c3)cc2Cl)CS(=O)(=O)C2(CCOCC2)C(N)=N1. The van der Waals surface area contributed by atoms with E-state index in [1.807, 2.05) is 0 Å². The molecule has 0 aromatic carbocycles. The monoisotopic (exact) mass is 493 g/mol. The van der Waals surface area contributed by atoms with Crippen LogP contribution in [0.3, 0.4) is 0 Å². The molecule has 1 fully saturated rings. The fourth-order valence-electron chi connectivity index (χ4n) is 4.06. The number of hydrogen-bond acceptors (Lipinski definition) is 7. The summed E-state index contributed by atoms with van der Waals surface area (Å²) in [6, 6.07) is 2.48. The molecule has 0 saturated carbocycles. The van der Waals surface area contributed by atoms with Gasteiger partial charge in [-0.2, -0.15) is 13.2 Å². The number of hydrogen-bond donors (Lipinski definition) is 1. The summed E-state index contributed by atoms with van der Waals surface area (Å²) in [5.74, 6) is -0.280. The Balaban J connectivity index is 1.77. The molecule has 2 N–H and O–H groups in total. The third-order valence-electron chi connectivity index (χ3n) is 5.73. The Bertz CT molecular complexity index is 1160. The minimum absolute atomic E-state index is 0.0244. The van der Waals surface area contributed by atoms with Crippen LogP contribution in [0.25, 0.3) is 10.4 Å². The Hall–Kier alpha value is -1.69. The van der Waals surface area contributed by atoms with Crippen molar-refractivity contribution in [3.8, 4) is 10.4 Å². The first-order valence-corrected chi connectivity index (χ1v) is 12.2. The summed E-state index contributed by atoms with van der Waals surface area (Å²) in [7, 11) is -3.70. The van der Waals surface area contributed by atoms with Crippen molar-refractivity contribution in [1.82, 2.24) is 4.98 Å². The van der Waals surface area contributed by atoms with E-state index in [9.17, 15) is 21.6 Å². The summed E-state index contributed by atoms with van der Waals surface area (Å²) in [4.78, 5) is 9.10. The van der Waals surface area contributed by atoms with E-state index >= 15 is 0 Å². The van der Waals surface area contributed by atoms with Crippen LogP contribution in [0.15, 0.2) is 29.5 Å². The number of ether oxygens (including phenoxy) is 1. The summed E-state index contributed by atoms with van der Waals surface area (Å²) >= 11 is 7.49. The Labute approximate surface area is 186 Å². The lowest BCUT2D eigenvalue weighted by atomic mass is 9.95. The molecule has 0 radical (unpaired) electrons. The van der Waals surface area contributed by atoms with Crippen molar-refractivity contribution in [2.45, 2.75) is 36.2 Å². The van der Waals surface area contributed by atoms with Crippen molar-refractivity contribution in [2.24, 2.45) is 10.7 Å². The Morgan fingerprint density at radius 1 is 1.23 bits per heavy atom. The number of thiophene rings is 1. The number of alkyl halides is 3. The van der Waals surface area contributed by atoms with Gasteiger partial charge in [-0.15, -0.1) is 11.3 Å². The molecule has 4 heterocycles. The zero-order valence-corrected chi connectivity index (χ0v) is 18.8. The molecule has 31 heavy (non-hydrogen) atoms. The molecule has 2 aliphatic heterocycles. The third-order valence-corrected chi connectivity index (χ3v) is 10.3. The molecule has 2 aromatic heterocycles. The lowest BCUT2D eigenvalue weighted by molar-refractivity contribution is -0.137. The maximum Gasteiger partial charge on any atom is 0.417 e. The molecular formula is C19H19ClF3N3O3S2. The van der Waals surface area contributed by atoms with E-state index < -0.39 is 31.9 Å². The average Bonchev–Trinajstić information content (AvgIpc) is 3.09. The van der Waals surface area contributed by atoms with Gasteiger partial charge >= 0.3 is 6.18 Å². The van der Waals surface area contributed by atoms with E-state index in [2.05, 4.69) is 9.98 Å². The molecular weight excluding hydrogens is 475 g/mol. The predicted octanol–water partition coefficient (Wildman–Crippen LogP) is 4.03. The highest BCUT2D eigenvalue weighted by Gasteiger charge is 2.55. The molecule has 1 atom stereocenters. The lowest BCUT2D eigenvalue weighted by Crippen LogP contribution is -2.60. The molecule has 0 aliphatic carbocycles. The fraction of sp³-hybridized carbons (Fsp3) is 0.474. The van der Waals surface area contributed by atoms with Crippen molar-refractivity contribution in [3.05, 3.63) is 40.0 Å². The van der Waals surface area contributed by atoms with Gasteiger partial charge in [-0.25, -0.2) is 8.42 Å². The number of pyridine rings is 1. The number of sulfone groups is 1. The van der Waals surface area contributed by atoms with Crippen molar-refractivity contribution < 1.29 is 26.3 Å². The van der Waals surface area contributed by atoms with Gasteiger partial charge in [0.05, 0.1) is 21.2 Å². The Kier molecular flexibility index (Phi) is 5.39. The van der Waals surface area contributed by atoms with E-state index in [-0.39, 0.29) is 48.2 Å². The normalized spacial score (nSPS) is 25.4. The van der Waals surface area contributed by atoms with Gasteiger partial charge in [0.1, 0.15) is 16.1 Å². The summed E-state index contributed by atoms with van der Waals surface area (Å²) in [6.45, 7) is 2.17. The van der Waals surface area contributed by atoms with E-state index in [0.29, 0.717) is 9.75 Å². The number of nitrogens with two attached hydrogens (primary N) is 1. The lowest BCUT2D eigenvalue weighted by Gasteiger charge is -2.43. The maximum atomic E-state index is 13.3. The number of halogens is 4. The minimum Gasteiger partial charge on any atom is -0.386 e. The van der Waals surface area contributed by atoms with Crippen LogP contribution in [-0.4, -0.2) is 43.0 Å². The van der Waals surface area contributed by atoms with Crippen LogP contribution in [0.1, 0.15) is 30.2 Å². The van der Waals surface area contributed by atoms with Crippen molar-refractivity contribution in [1.29, 1.82) is 0 Å². The molecule has 2 aromatic rings. The molecule has 0 unspecified atom stereocenters. The molecule has 2 aliphatic rings. The molecule has 4 rings (SSSR count). The second-order valence-electron chi connectivity index (χ2n) is 7.88. The van der Waals surface area contributed by atoms with Gasteiger partial charge < -0.3 is 10.5 Å². The summed E-state index contributed by atoms with van der Waals surface area (Å²) in [5, 5.41) is 0.217. The van der Waals surface area contributed by atoms with E-state index in [1.165, 1.54) is 12.3 Å². The topological polar surface area (TPSA) is 94.6 Å². The first kappa shape index (κ1) is 22.5. The van der Waals surface area contributed by atoms with Gasteiger partial charge in [0.2, 0.25) is 0 Å². The minimum atomic E-state index is -4.53. The second kappa shape index (κ2) is 7.43. The van der Waals surface area contributed by atoms with Crippen LogP contribution in [0.5, 0.6) is 0 Å². The van der Waals surface area contributed by atoms with Crippen LogP contribution in [-0.2, 0) is 26.3 Å². The zero-order valence-electron chi connectivity index (χ0n) is 16.4. The highest BCUT2D eigenvalue weighted by molar-refractivity contribution is 7.93. The molecule has 168 valence electrons. The predicted molar refractivity (Wildman–Crippen MR) is 113 cm³/mol. The largest absolute Gasteiger partial charge is 0.417 e. The highest BCUT2D eigenvalue weighted by Crippen LogP contribution is 2.47. The van der Waals surface area contributed by atoms with E-state index in [0.717, 1.165) is 23.6 Å². The number of rotatable bonds is 2. The van der Waals surface area contributed by atoms with Gasteiger partial charge in [-0.3, -0.25) is 9.98 Å². The molecule has 1 saturated heterocycles. The average molecular weight is 494 g/mol. The fourth-order valence-corrected chi connectivity index (χ4v) is 8.14. The molecule has 0 amide bonds. The first-order chi connectivity index (χ1) is 14.4. The molecule has 12 heteroatoms. The standard InChI is InChI=1S/C19H19ClF3N3O3S2/c1-17(10-31(27,28)18(16(24)26-17)2-4-29-5-3-18)15-13(20)7-14(30-15)11-6-12(9-25-8-11)19(21,22)23/h6-9H,2-5,10H2,1H3,(H2,24,26)/t17-/m0/s1. The molecule has 0 bridgehead atoms. The quantitative estimate of drug-likeness (QED) is 0.681. The van der Waals surface area contributed by atoms with Gasteiger partial charge in [0.25, 0.3) is 0 Å². The molecule has 1 spiro atoms. The van der Waals surface area contributed by atoms with Crippen molar-refractivity contribution in [3.63, 3.8) is 0 Å². The summed E-state index contributed by atoms with van der Waals surface area (Å²) in [6.07, 6.45) is -2.02. The van der Waals surface area contributed by atoms with Crippen LogP contribution in [0.4, 0.5) is 13.2 Å². The van der Waals surface area contributed by atoms with Crippen molar-refractivity contribution >= 4 is 38.6 Å². The number of aromatic nitrogens is 1. The highest BCUT2D eigenvalue weighted by atomic mass is 35.5. The van der Waals surface area contributed by atoms with Gasteiger partial charge in [0.15, 0.2) is 9.84 Å². The number of nitrogens with zero attached hydrogens (tertiary/aromatic N) is 2. The van der Waals surface area contributed by atoms with Crippen LogP contribution < -0.4 is 5.73 Å². The summed E-state index contributed by atoms with van der Waals surface area (Å²) < 4.78 is 69.8. The van der Waals surface area contributed by atoms with Crippen LogP contribution in [0.2, 0.25) is 5.02 Å². The van der Waals surface area contributed by atoms with Gasteiger partial charge in [-0.05, 0) is 31.9 Å². The first-order valence-electron chi connectivity index (χ1n) is 9.36.